The first-order valence-electron chi connectivity index (χ1n) is 5.25. The molecule has 0 spiro atoms. The molecule has 0 aromatic heterocycles. The van der Waals surface area contributed by atoms with Gasteiger partial charge in [-0.25, -0.2) is 4.39 Å². The number of hydrogen-bond donors (Lipinski definition) is 1. The number of hydrogen-bond acceptors (Lipinski definition) is 2. The van der Waals surface area contributed by atoms with Crippen molar-refractivity contribution in [3.05, 3.63) is 29.8 Å². The van der Waals surface area contributed by atoms with E-state index in [9.17, 15) is 4.39 Å². The van der Waals surface area contributed by atoms with Crippen LogP contribution in [-0.2, 0) is 0 Å². The lowest BCUT2D eigenvalue weighted by Crippen LogP contribution is -2.22. The van der Waals surface area contributed by atoms with Crippen LogP contribution in [0.1, 0.15) is 18.5 Å². The minimum absolute atomic E-state index is 0.175. The van der Waals surface area contributed by atoms with Gasteiger partial charge in [0.25, 0.3) is 0 Å². The third kappa shape index (κ3) is 3.20. The molecule has 15 heavy (non-hydrogen) atoms. The molecule has 84 valence electrons. The summed E-state index contributed by atoms with van der Waals surface area (Å²) in [5.41, 5.74) is 2.14. The minimum atomic E-state index is -0.366. The fraction of sp³-hybridized carbons (Fsp3) is 0.500. The second kappa shape index (κ2) is 5.71. The number of benzene rings is 1. The molecule has 0 aliphatic carbocycles. The van der Waals surface area contributed by atoms with E-state index in [1.807, 2.05) is 50.2 Å². The molecule has 0 heterocycles. The summed E-state index contributed by atoms with van der Waals surface area (Å²) in [5, 5.41) is 3.11. The summed E-state index contributed by atoms with van der Waals surface area (Å²) in [6.45, 7) is 2.40. The molecule has 0 saturated heterocycles. The maximum atomic E-state index is 12.7. The van der Waals surface area contributed by atoms with E-state index in [4.69, 9.17) is 0 Å². The second-order valence-corrected chi connectivity index (χ2v) is 3.75. The van der Waals surface area contributed by atoms with Gasteiger partial charge in [-0.15, -0.1) is 0 Å². The average Bonchev–Trinajstić information content (AvgIpc) is 2.26. The molecule has 2 nitrogen and oxygen atoms in total. The lowest BCUT2D eigenvalue weighted by Gasteiger charge is -2.17. The summed E-state index contributed by atoms with van der Waals surface area (Å²) in [4.78, 5) is 2.03. The van der Waals surface area contributed by atoms with Crippen LogP contribution < -0.4 is 10.2 Å². The molecule has 0 radical (unpaired) electrons. The minimum Gasteiger partial charge on any atom is -0.378 e. The topological polar surface area (TPSA) is 15.3 Å². The Morgan fingerprint density at radius 2 is 1.87 bits per heavy atom. The van der Waals surface area contributed by atoms with Gasteiger partial charge in [-0.2, -0.15) is 0 Å². The van der Waals surface area contributed by atoms with Crippen molar-refractivity contribution in [3.8, 4) is 0 Å². The predicted octanol–water partition coefficient (Wildman–Crippen LogP) is 2.37. The lowest BCUT2D eigenvalue weighted by atomic mass is 10.1. The summed E-state index contributed by atoms with van der Waals surface area (Å²) >= 11 is 0. The first kappa shape index (κ1) is 12.0. The highest BCUT2D eigenvalue weighted by Gasteiger charge is 2.09. The van der Waals surface area contributed by atoms with Crippen LogP contribution in [0.3, 0.4) is 0 Å². The zero-order valence-electron chi connectivity index (χ0n) is 9.63. The van der Waals surface area contributed by atoms with Crippen molar-refractivity contribution in [1.29, 1.82) is 0 Å². The van der Waals surface area contributed by atoms with Gasteiger partial charge in [-0.05, 0) is 24.2 Å². The SMILES string of the molecule is CCNC(CF)c1ccc(N(C)C)cc1. The monoisotopic (exact) mass is 210 g/mol. The Hall–Kier alpha value is -1.09. The van der Waals surface area contributed by atoms with Gasteiger partial charge < -0.3 is 10.2 Å². The van der Waals surface area contributed by atoms with E-state index in [1.54, 1.807) is 0 Å². The van der Waals surface area contributed by atoms with E-state index < -0.39 is 0 Å². The van der Waals surface area contributed by atoms with E-state index in [-0.39, 0.29) is 12.7 Å². The van der Waals surface area contributed by atoms with E-state index in [0.717, 1.165) is 17.8 Å². The largest absolute Gasteiger partial charge is 0.378 e. The van der Waals surface area contributed by atoms with Crippen LogP contribution in [0.2, 0.25) is 0 Å². The normalized spacial score (nSPS) is 12.5. The highest BCUT2D eigenvalue weighted by atomic mass is 19.1. The molecule has 0 bridgehead atoms. The maximum absolute atomic E-state index is 12.7. The standard InChI is InChI=1S/C12H19FN2/c1-4-14-12(9-13)10-5-7-11(8-6-10)15(2)3/h5-8,12,14H,4,9H2,1-3H3. The molecule has 1 aromatic carbocycles. The van der Waals surface area contributed by atoms with Gasteiger partial charge >= 0.3 is 0 Å². The Labute approximate surface area is 91.1 Å². The third-order valence-electron chi connectivity index (χ3n) is 2.42. The van der Waals surface area contributed by atoms with Crippen molar-refractivity contribution in [3.63, 3.8) is 0 Å². The van der Waals surface area contributed by atoms with Gasteiger partial charge in [0.2, 0.25) is 0 Å². The first-order valence-corrected chi connectivity index (χ1v) is 5.25. The molecule has 1 atom stereocenters. The molecule has 0 amide bonds. The van der Waals surface area contributed by atoms with Crippen molar-refractivity contribution < 1.29 is 4.39 Å². The molecule has 0 aliphatic heterocycles. The van der Waals surface area contributed by atoms with Gasteiger partial charge in [-0.3, -0.25) is 0 Å². The quantitative estimate of drug-likeness (QED) is 0.802. The number of nitrogens with zero attached hydrogens (tertiary/aromatic N) is 1. The summed E-state index contributed by atoms with van der Waals surface area (Å²) in [7, 11) is 3.98. The van der Waals surface area contributed by atoms with Crippen LogP contribution in [0, 0.1) is 0 Å². The predicted molar refractivity (Wildman–Crippen MR) is 63.2 cm³/mol. The zero-order chi connectivity index (χ0) is 11.3. The smallest absolute Gasteiger partial charge is 0.109 e. The Morgan fingerprint density at radius 3 is 2.27 bits per heavy atom. The molecule has 0 aliphatic rings. The van der Waals surface area contributed by atoms with Crippen LogP contribution in [0.5, 0.6) is 0 Å². The molecule has 1 unspecified atom stereocenters. The lowest BCUT2D eigenvalue weighted by molar-refractivity contribution is 0.387. The highest BCUT2D eigenvalue weighted by molar-refractivity contribution is 5.46. The Morgan fingerprint density at radius 1 is 1.27 bits per heavy atom. The molecule has 0 saturated carbocycles. The van der Waals surface area contributed by atoms with E-state index in [1.165, 1.54) is 0 Å². The van der Waals surface area contributed by atoms with Gasteiger partial charge in [0.05, 0.1) is 6.04 Å². The van der Waals surface area contributed by atoms with Crippen molar-refractivity contribution >= 4 is 5.69 Å². The van der Waals surface area contributed by atoms with E-state index in [2.05, 4.69) is 5.32 Å². The molecule has 1 rings (SSSR count). The van der Waals surface area contributed by atoms with Gasteiger partial charge in [-0.1, -0.05) is 19.1 Å². The number of halogens is 1. The Kier molecular flexibility index (Phi) is 4.56. The van der Waals surface area contributed by atoms with Crippen molar-refractivity contribution in [2.24, 2.45) is 0 Å². The van der Waals surface area contributed by atoms with Crippen molar-refractivity contribution in [1.82, 2.24) is 5.32 Å². The van der Waals surface area contributed by atoms with Crippen LogP contribution in [-0.4, -0.2) is 27.3 Å². The maximum Gasteiger partial charge on any atom is 0.109 e. The van der Waals surface area contributed by atoms with Crippen LogP contribution in [0.25, 0.3) is 0 Å². The fourth-order valence-electron chi connectivity index (χ4n) is 1.51. The third-order valence-corrected chi connectivity index (χ3v) is 2.42. The van der Waals surface area contributed by atoms with E-state index in [0.29, 0.717) is 0 Å². The first-order chi connectivity index (χ1) is 7.19. The summed E-state index contributed by atoms with van der Waals surface area (Å²) in [6, 6.07) is 7.79. The summed E-state index contributed by atoms with van der Waals surface area (Å²) in [5.74, 6) is 0. The average molecular weight is 210 g/mol. The summed E-state index contributed by atoms with van der Waals surface area (Å²) < 4.78 is 12.7. The van der Waals surface area contributed by atoms with Crippen LogP contribution in [0.4, 0.5) is 10.1 Å². The van der Waals surface area contributed by atoms with E-state index >= 15 is 0 Å². The van der Waals surface area contributed by atoms with Gasteiger partial charge in [0, 0.05) is 19.8 Å². The van der Waals surface area contributed by atoms with Gasteiger partial charge in [0.15, 0.2) is 0 Å². The number of rotatable bonds is 5. The highest BCUT2D eigenvalue weighted by Crippen LogP contribution is 2.18. The molecular weight excluding hydrogens is 191 g/mol. The number of nitrogens with one attached hydrogen (secondary N) is 1. The molecule has 3 heteroatoms. The molecule has 0 fully saturated rings. The zero-order valence-corrected chi connectivity index (χ0v) is 9.63. The fourth-order valence-corrected chi connectivity index (χ4v) is 1.51. The molecule has 1 aromatic rings. The number of anilines is 1. The second-order valence-electron chi connectivity index (χ2n) is 3.75. The van der Waals surface area contributed by atoms with Crippen molar-refractivity contribution in [2.45, 2.75) is 13.0 Å². The summed E-state index contributed by atoms with van der Waals surface area (Å²) in [6.07, 6.45) is 0. The Balaban J connectivity index is 2.77. The molecular formula is C12H19FN2. The van der Waals surface area contributed by atoms with Crippen LogP contribution in [0.15, 0.2) is 24.3 Å². The number of alkyl halides is 1. The van der Waals surface area contributed by atoms with Crippen LogP contribution >= 0.6 is 0 Å². The van der Waals surface area contributed by atoms with Gasteiger partial charge in [0.1, 0.15) is 6.67 Å². The van der Waals surface area contributed by atoms with Crippen molar-refractivity contribution in [2.75, 3.05) is 32.2 Å². The molecule has 1 N–H and O–H groups in total. The Bertz CT molecular complexity index is 282.